The van der Waals surface area contributed by atoms with Crippen molar-refractivity contribution in [3.8, 4) is 0 Å². The molecule has 0 aromatic heterocycles. The summed E-state index contributed by atoms with van der Waals surface area (Å²) in [5, 5.41) is 0. The Bertz CT molecular complexity index is 158. The topological polar surface area (TPSA) is 9.23 Å². The summed E-state index contributed by atoms with van der Waals surface area (Å²) in [6.07, 6.45) is 2.46. The van der Waals surface area contributed by atoms with Gasteiger partial charge in [0.25, 0.3) is 0 Å². The van der Waals surface area contributed by atoms with Gasteiger partial charge in [-0.15, -0.1) is 0 Å². The van der Waals surface area contributed by atoms with Crippen molar-refractivity contribution < 1.29 is 4.74 Å². The third kappa shape index (κ3) is 1.90. The maximum absolute atomic E-state index is 5.47. The zero-order valence-corrected chi connectivity index (χ0v) is 9.81. The third-order valence-corrected chi connectivity index (χ3v) is 3.98. The molecule has 0 aliphatic carbocycles. The van der Waals surface area contributed by atoms with Crippen LogP contribution in [0, 0.1) is 16.7 Å². The van der Waals surface area contributed by atoms with Crippen LogP contribution in [0.4, 0.5) is 0 Å². The van der Waals surface area contributed by atoms with Crippen molar-refractivity contribution >= 4 is 0 Å². The first-order chi connectivity index (χ1) is 5.90. The van der Waals surface area contributed by atoms with Crippen LogP contribution in [0.1, 0.15) is 47.5 Å². The normalized spacial score (nSPS) is 23.5. The Balaban J connectivity index is 2.86. The van der Waals surface area contributed by atoms with E-state index in [1.165, 1.54) is 12.8 Å². The second kappa shape index (κ2) is 3.61. The maximum atomic E-state index is 5.47. The van der Waals surface area contributed by atoms with Gasteiger partial charge in [-0.2, -0.15) is 0 Å². The standard InChI is InChI=1S/C12H24O/c1-10(2)12(11(3,4)5)6-8-13-9-7-12/h10H,6-9H2,1-5H3. The Morgan fingerprint density at radius 1 is 1.08 bits per heavy atom. The van der Waals surface area contributed by atoms with Crippen LogP contribution in [-0.4, -0.2) is 13.2 Å². The molecule has 1 nitrogen and oxygen atoms in total. The quantitative estimate of drug-likeness (QED) is 0.606. The molecular formula is C12H24O. The molecule has 0 unspecified atom stereocenters. The minimum Gasteiger partial charge on any atom is -0.381 e. The van der Waals surface area contributed by atoms with Crippen molar-refractivity contribution in [3.63, 3.8) is 0 Å². The second-order valence-electron chi connectivity index (χ2n) is 5.67. The lowest BCUT2D eigenvalue weighted by atomic mass is 9.57. The van der Waals surface area contributed by atoms with Crippen LogP contribution in [0.25, 0.3) is 0 Å². The lowest BCUT2D eigenvalue weighted by molar-refractivity contribution is -0.0758. The molecular weight excluding hydrogens is 160 g/mol. The van der Waals surface area contributed by atoms with Gasteiger partial charge in [-0.05, 0) is 29.6 Å². The summed E-state index contributed by atoms with van der Waals surface area (Å²) in [4.78, 5) is 0. The molecule has 0 aromatic rings. The lowest BCUT2D eigenvalue weighted by Gasteiger charge is -2.50. The van der Waals surface area contributed by atoms with Crippen LogP contribution in [0.5, 0.6) is 0 Å². The molecule has 1 saturated heterocycles. The average molecular weight is 184 g/mol. The SMILES string of the molecule is CC(C)C1(C(C)(C)C)CCOCC1. The highest BCUT2D eigenvalue weighted by molar-refractivity contribution is 4.93. The van der Waals surface area contributed by atoms with E-state index in [1.54, 1.807) is 0 Å². The largest absolute Gasteiger partial charge is 0.381 e. The summed E-state index contributed by atoms with van der Waals surface area (Å²) in [6, 6.07) is 0. The summed E-state index contributed by atoms with van der Waals surface area (Å²) >= 11 is 0. The first kappa shape index (κ1) is 11.0. The molecule has 0 spiro atoms. The minimum atomic E-state index is 0.408. The van der Waals surface area contributed by atoms with E-state index in [2.05, 4.69) is 34.6 Å². The fraction of sp³-hybridized carbons (Fsp3) is 1.00. The van der Waals surface area contributed by atoms with E-state index >= 15 is 0 Å². The van der Waals surface area contributed by atoms with E-state index < -0.39 is 0 Å². The van der Waals surface area contributed by atoms with Crippen LogP contribution in [0.3, 0.4) is 0 Å². The highest BCUT2D eigenvalue weighted by Gasteiger charge is 2.44. The molecule has 1 fully saturated rings. The number of hydrogen-bond donors (Lipinski definition) is 0. The summed E-state index contributed by atoms with van der Waals surface area (Å²) in [5.41, 5.74) is 0.899. The zero-order chi connectivity index (χ0) is 10.1. The van der Waals surface area contributed by atoms with Crippen molar-refractivity contribution in [1.82, 2.24) is 0 Å². The van der Waals surface area contributed by atoms with E-state index in [1.807, 2.05) is 0 Å². The molecule has 1 heteroatoms. The first-order valence-corrected chi connectivity index (χ1v) is 5.48. The molecule has 13 heavy (non-hydrogen) atoms. The fourth-order valence-corrected chi connectivity index (χ4v) is 2.93. The zero-order valence-electron chi connectivity index (χ0n) is 9.81. The molecule has 1 heterocycles. The van der Waals surface area contributed by atoms with Gasteiger partial charge in [0.1, 0.15) is 0 Å². The van der Waals surface area contributed by atoms with E-state index in [-0.39, 0.29) is 0 Å². The van der Waals surface area contributed by atoms with Crippen molar-refractivity contribution in [3.05, 3.63) is 0 Å². The van der Waals surface area contributed by atoms with Gasteiger partial charge in [-0.25, -0.2) is 0 Å². The molecule has 1 rings (SSSR count). The Hall–Kier alpha value is -0.0400. The highest BCUT2D eigenvalue weighted by atomic mass is 16.5. The molecule has 0 N–H and O–H groups in total. The molecule has 0 bridgehead atoms. The van der Waals surface area contributed by atoms with Crippen LogP contribution in [0.2, 0.25) is 0 Å². The second-order valence-corrected chi connectivity index (χ2v) is 5.67. The van der Waals surface area contributed by atoms with Gasteiger partial charge >= 0.3 is 0 Å². The molecule has 0 aromatic carbocycles. The minimum absolute atomic E-state index is 0.408. The lowest BCUT2D eigenvalue weighted by Crippen LogP contribution is -2.44. The van der Waals surface area contributed by atoms with Crippen LogP contribution >= 0.6 is 0 Å². The Labute approximate surface area is 82.9 Å². The monoisotopic (exact) mass is 184 g/mol. The molecule has 78 valence electrons. The number of rotatable bonds is 1. The molecule has 0 saturated carbocycles. The van der Waals surface area contributed by atoms with Gasteiger partial charge in [-0.1, -0.05) is 34.6 Å². The van der Waals surface area contributed by atoms with Crippen molar-refractivity contribution in [2.24, 2.45) is 16.7 Å². The summed E-state index contributed by atoms with van der Waals surface area (Å²) in [6.45, 7) is 13.7. The maximum Gasteiger partial charge on any atom is 0.0471 e. The fourth-order valence-electron chi connectivity index (χ4n) is 2.93. The predicted molar refractivity (Wildman–Crippen MR) is 56.8 cm³/mol. The van der Waals surface area contributed by atoms with Crippen molar-refractivity contribution in [2.75, 3.05) is 13.2 Å². The molecule has 1 aliphatic rings. The number of ether oxygens (including phenoxy) is 1. The van der Waals surface area contributed by atoms with E-state index in [4.69, 9.17) is 4.74 Å². The van der Waals surface area contributed by atoms with Gasteiger partial charge in [0.05, 0.1) is 0 Å². The third-order valence-electron chi connectivity index (χ3n) is 3.98. The van der Waals surface area contributed by atoms with E-state index in [0.29, 0.717) is 10.8 Å². The van der Waals surface area contributed by atoms with Crippen molar-refractivity contribution in [1.29, 1.82) is 0 Å². The van der Waals surface area contributed by atoms with E-state index in [9.17, 15) is 0 Å². The Morgan fingerprint density at radius 2 is 1.54 bits per heavy atom. The van der Waals surface area contributed by atoms with Crippen molar-refractivity contribution in [2.45, 2.75) is 47.5 Å². The van der Waals surface area contributed by atoms with Crippen LogP contribution in [-0.2, 0) is 4.74 Å². The van der Waals surface area contributed by atoms with Crippen LogP contribution in [0.15, 0.2) is 0 Å². The predicted octanol–water partition coefficient (Wildman–Crippen LogP) is 3.49. The summed E-state index contributed by atoms with van der Waals surface area (Å²) in [5.74, 6) is 0.761. The summed E-state index contributed by atoms with van der Waals surface area (Å²) < 4.78 is 5.47. The van der Waals surface area contributed by atoms with Crippen LogP contribution < -0.4 is 0 Å². The average Bonchev–Trinajstić information content (AvgIpc) is 2.03. The van der Waals surface area contributed by atoms with E-state index in [0.717, 1.165) is 19.1 Å². The Morgan fingerprint density at radius 3 is 1.77 bits per heavy atom. The molecule has 1 aliphatic heterocycles. The molecule has 0 radical (unpaired) electrons. The molecule has 0 amide bonds. The van der Waals surface area contributed by atoms with Gasteiger partial charge < -0.3 is 4.74 Å². The van der Waals surface area contributed by atoms with Gasteiger partial charge in [0, 0.05) is 13.2 Å². The van der Waals surface area contributed by atoms with Gasteiger partial charge in [0.15, 0.2) is 0 Å². The first-order valence-electron chi connectivity index (χ1n) is 5.48. The summed E-state index contributed by atoms with van der Waals surface area (Å²) in [7, 11) is 0. The smallest absolute Gasteiger partial charge is 0.0471 e. The van der Waals surface area contributed by atoms with Gasteiger partial charge in [0.2, 0.25) is 0 Å². The molecule has 0 atom stereocenters. The highest BCUT2D eigenvalue weighted by Crippen LogP contribution is 2.51. The number of hydrogen-bond acceptors (Lipinski definition) is 1. The van der Waals surface area contributed by atoms with Gasteiger partial charge in [-0.3, -0.25) is 0 Å². The Kier molecular flexibility index (Phi) is 3.06.